The molecule has 2 nitrogen and oxygen atoms in total. The molecule has 2 aromatic heterocycles. The van der Waals surface area contributed by atoms with Crippen LogP contribution in [0, 0.1) is 0 Å². The molecule has 0 unspecified atom stereocenters. The number of H-pyrrole nitrogens is 1. The lowest BCUT2D eigenvalue weighted by Gasteiger charge is -1.91. The molecule has 0 spiro atoms. The van der Waals surface area contributed by atoms with Gasteiger partial charge in [0.25, 0.3) is 0 Å². The van der Waals surface area contributed by atoms with Crippen molar-refractivity contribution in [2.24, 2.45) is 0 Å². The molecule has 0 aliphatic carbocycles. The highest BCUT2D eigenvalue weighted by Gasteiger charge is 1.95. The molecule has 0 aromatic carbocycles. The van der Waals surface area contributed by atoms with E-state index in [9.17, 15) is 0 Å². The summed E-state index contributed by atoms with van der Waals surface area (Å²) in [5.41, 5.74) is 2.10. The van der Waals surface area contributed by atoms with Gasteiger partial charge in [-0.05, 0) is 12.1 Å². The van der Waals surface area contributed by atoms with Crippen LogP contribution in [-0.4, -0.2) is 42.5 Å². The van der Waals surface area contributed by atoms with E-state index in [1.54, 1.807) is 0 Å². The Morgan fingerprint density at radius 2 is 2.09 bits per heavy atom. The third kappa shape index (κ3) is 1.36. The van der Waals surface area contributed by atoms with Crippen molar-refractivity contribution in [3.8, 4) is 0 Å². The first-order valence-corrected chi connectivity index (χ1v) is 4.42. The van der Waals surface area contributed by atoms with Gasteiger partial charge in [0.1, 0.15) is 0 Å². The summed E-state index contributed by atoms with van der Waals surface area (Å²) in [5, 5.41) is 0. The molecule has 0 aliphatic rings. The summed E-state index contributed by atoms with van der Waals surface area (Å²) in [4.78, 5) is 7.49. The fourth-order valence-electron chi connectivity index (χ4n) is 1.05. The van der Waals surface area contributed by atoms with Crippen LogP contribution in [0.3, 0.4) is 0 Å². The molecular weight excluding hydrogens is 166 g/mol. The number of nitrogens with zero attached hydrogens (tertiary/aromatic N) is 1. The highest BCUT2D eigenvalue weighted by molar-refractivity contribution is 6.33. The lowest BCUT2D eigenvalue weighted by Crippen LogP contribution is -2.05. The summed E-state index contributed by atoms with van der Waals surface area (Å²) >= 11 is 5.20. The maximum absolute atomic E-state index is 4.31. The van der Waals surface area contributed by atoms with Crippen molar-refractivity contribution in [2.75, 3.05) is 0 Å². The van der Waals surface area contributed by atoms with Gasteiger partial charge in [-0.1, -0.05) is 15.2 Å². The molecule has 2 heterocycles. The van der Waals surface area contributed by atoms with Crippen LogP contribution in [0.4, 0.5) is 0 Å². The van der Waals surface area contributed by atoms with Crippen LogP contribution in [-0.2, 0) is 0 Å². The van der Waals surface area contributed by atoms with Crippen molar-refractivity contribution in [3.05, 3.63) is 18.2 Å². The Kier molecular flexibility index (Phi) is 1.79. The van der Waals surface area contributed by atoms with E-state index in [0.717, 1.165) is 20.1 Å². The van der Waals surface area contributed by atoms with Crippen molar-refractivity contribution in [1.29, 1.82) is 0 Å². The predicted octanol–water partition coefficient (Wildman–Crippen LogP) is -0.850. The molecule has 0 atom stereocenters. The Balaban J connectivity index is 2.82. The van der Waals surface area contributed by atoms with Crippen molar-refractivity contribution < 1.29 is 0 Å². The molecule has 48 valence electrons. The normalized spacial score (nSPS) is 10.5. The fraction of sp³-hybridized carbons (Fsp3) is 0. The number of nitrogens with one attached hydrogen (secondary N) is 1. The Labute approximate surface area is 80.9 Å². The Hall–Kier alpha value is -0.245. The second-order valence-electron chi connectivity index (χ2n) is 2.39. The van der Waals surface area contributed by atoms with E-state index in [4.69, 9.17) is 0 Å². The monoisotopic (exact) mass is 170 g/mol. The first-order chi connectivity index (χ1) is 5.25. The second-order valence-corrected chi connectivity index (χ2v) is 3.61. The van der Waals surface area contributed by atoms with Crippen molar-refractivity contribution in [2.45, 2.75) is 0 Å². The molecule has 2 aromatic rings. The van der Waals surface area contributed by atoms with Gasteiger partial charge in [-0.15, -0.1) is 0 Å². The third-order valence-corrected chi connectivity index (χ3v) is 2.15. The summed E-state index contributed by atoms with van der Waals surface area (Å²) in [7, 11) is 0. The number of rotatable bonds is 0. The fourth-order valence-corrected chi connectivity index (χ4v) is 1.59. The molecule has 1 N–H and O–H groups in total. The zero-order valence-electron chi connectivity index (χ0n) is 5.83. The molecular formula is C7H4Al2N2. The van der Waals surface area contributed by atoms with Gasteiger partial charge in [-0.3, -0.25) is 4.98 Å². The van der Waals surface area contributed by atoms with Crippen LogP contribution in [0.1, 0.15) is 0 Å². The topological polar surface area (TPSA) is 28.7 Å². The van der Waals surface area contributed by atoms with Crippen LogP contribution in [0.25, 0.3) is 11.0 Å². The van der Waals surface area contributed by atoms with Gasteiger partial charge >= 0.3 is 0 Å². The number of hydrogen-bond acceptors (Lipinski definition) is 1. The smallest absolute Gasteiger partial charge is 0.209 e. The van der Waals surface area contributed by atoms with Crippen molar-refractivity contribution >= 4 is 52.7 Å². The molecule has 4 heteroatoms. The van der Waals surface area contributed by atoms with E-state index >= 15 is 0 Å². The Bertz CT molecular complexity index is 394. The number of pyridine rings is 1. The Morgan fingerprint density at radius 1 is 1.27 bits per heavy atom. The summed E-state index contributed by atoms with van der Waals surface area (Å²) in [6.45, 7) is 0. The average Bonchev–Trinajstić information content (AvgIpc) is 2.27. The van der Waals surface area contributed by atoms with E-state index in [1.807, 2.05) is 18.2 Å². The van der Waals surface area contributed by atoms with Crippen LogP contribution in [0.2, 0.25) is 0 Å². The van der Waals surface area contributed by atoms with Crippen molar-refractivity contribution in [1.82, 2.24) is 9.97 Å². The van der Waals surface area contributed by atoms with Gasteiger partial charge in [0.2, 0.25) is 32.6 Å². The predicted molar refractivity (Wildman–Crippen MR) is 46.9 cm³/mol. The van der Waals surface area contributed by atoms with E-state index in [1.165, 1.54) is 0 Å². The second kappa shape index (κ2) is 2.66. The summed E-state index contributed by atoms with van der Waals surface area (Å²) in [5.74, 6) is 0. The SMILES string of the molecule is [Al][c]1ccc2[nH][c]([Al])cc2n1. The third-order valence-electron chi connectivity index (χ3n) is 1.52. The molecule has 0 saturated heterocycles. The maximum atomic E-state index is 4.31. The van der Waals surface area contributed by atoms with E-state index in [0.29, 0.717) is 0 Å². The molecule has 2 rings (SSSR count). The standard InChI is InChI=1S/C7H4N2.2Al/c1-2-6-7(8-4-1)3-5-9-6;;/h1-3,9H;;. The lowest BCUT2D eigenvalue weighted by atomic mass is 10.4. The van der Waals surface area contributed by atoms with Crippen LogP contribution in [0.5, 0.6) is 0 Å². The van der Waals surface area contributed by atoms with Gasteiger partial charge in [0.05, 0.1) is 11.0 Å². The van der Waals surface area contributed by atoms with Crippen LogP contribution < -0.4 is 9.11 Å². The van der Waals surface area contributed by atoms with Gasteiger partial charge < -0.3 is 4.98 Å². The van der Waals surface area contributed by atoms with Crippen LogP contribution in [0.15, 0.2) is 18.2 Å². The van der Waals surface area contributed by atoms with E-state index in [2.05, 4.69) is 42.5 Å². The molecule has 0 saturated carbocycles. The number of aromatic amines is 1. The minimum atomic E-state index is 0.974. The molecule has 0 bridgehead atoms. The minimum Gasteiger partial charge on any atom is -0.376 e. The van der Waals surface area contributed by atoms with Crippen molar-refractivity contribution in [3.63, 3.8) is 0 Å². The number of aromatic nitrogens is 2. The quantitative estimate of drug-likeness (QED) is 0.512. The summed E-state index contributed by atoms with van der Waals surface area (Å²) < 4.78 is 2.05. The average molecular weight is 170 g/mol. The highest BCUT2D eigenvalue weighted by atomic mass is 27.1. The summed E-state index contributed by atoms with van der Waals surface area (Å²) in [6.07, 6.45) is 0. The summed E-state index contributed by atoms with van der Waals surface area (Å²) in [6, 6.07) is 6.00. The largest absolute Gasteiger partial charge is 0.376 e. The molecule has 4 radical (unpaired) electrons. The zero-order chi connectivity index (χ0) is 7.84. The number of hydrogen-bond donors (Lipinski definition) is 1. The lowest BCUT2D eigenvalue weighted by molar-refractivity contribution is 1.47. The Morgan fingerprint density at radius 3 is 2.91 bits per heavy atom. The van der Waals surface area contributed by atoms with Gasteiger partial charge in [-0.25, -0.2) is 0 Å². The van der Waals surface area contributed by atoms with Crippen LogP contribution >= 0.6 is 0 Å². The van der Waals surface area contributed by atoms with E-state index < -0.39 is 0 Å². The van der Waals surface area contributed by atoms with E-state index in [-0.39, 0.29) is 0 Å². The molecule has 0 fully saturated rings. The van der Waals surface area contributed by atoms with Gasteiger partial charge in [0, 0.05) is 0 Å². The maximum Gasteiger partial charge on any atom is 0.209 e. The molecule has 11 heavy (non-hydrogen) atoms. The van der Waals surface area contributed by atoms with Gasteiger partial charge in [-0.2, -0.15) is 0 Å². The van der Waals surface area contributed by atoms with Gasteiger partial charge in [0.15, 0.2) is 0 Å². The highest BCUT2D eigenvalue weighted by Crippen LogP contribution is 2.02. The first kappa shape index (κ1) is 7.41. The minimum absolute atomic E-state index is 0.974. The molecule has 0 aliphatic heterocycles. The first-order valence-electron chi connectivity index (χ1n) is 3.26. The zero-order valence-corrected chi connectivity index (χ0v) is 8.14. The molecule has 0 amide bonds. The number of fused-ring (bicyclic) bond motifs is 1.